The van der Waals surface area contributed by atoms with E-state index in [1.54, 1.807) is 6.92 Å². The Morgan fingerprint density at radius 3 is 2.55 bits per heavy atom. The van der Waals surface area contributed by atoms with Crippen LogP contribution in [-0.4, -0.2) is 12.3 Å². The van der Waals surface area contributed by atoms with Crippen LogP contribution in [0.2, 0.25) is 0 Å². The van der Waals surface area contributed by atoms with Gasteiger partial charge in [0.1, 0.15) is 0 Å². The molecule has 66 valence electrons. The van der Waals surface area contributed by atoms with Crippen molar-refractivity contribution in [1.82, 2.24) is 0 Å². The van der Waals surface area contributed by atoms with Crippen LogP contribution < -0.4 is 0 Å². The summed E-state index contributed by atoms with van der Waals surface area (Å²) in [7, 11) is -3.72. The monoisotopic (exact) mass is 180 g/mol. The van der Waals surface area contributed by atoms with Crippen LogP contribution in [0.25, 0.3) is 0 Å². The summed E-state index contributed by atoms with van der Waals surface area (Å²) in [5.74, 6) is 0. The van der Waals surface area contributed by atoms with Crippen molar-refractivity contribution in [3.63, 3.8) is 0 Å². The maximum Gasteiger partial charge on any atom is 0.367 e. The molecule has 0 N–H and O–H groups in total. The number of rotatable bonds is 3. The molecular weight excluding hydrogens is 166 g/mol. The minimum absolute atomic E-state index is 0.00347. The molecule has 0 aromatic heterocycles. The molecule has 0 aliphatic heterocycles. The Balaban J connectivity index is 2.34. The molecule has 0 amide bonds. The molecule has 2 nitrogen and oxygen atoms in total. The molecule has 1 fully saturated rings. The Kier molecular flexibility index (Phi) is 3.08. The van der Waals surface area contributed by atoms with Gasteiger partial charge in [-0.1, -0.05) is 19.8 Å². The molecule has 1 unspecified atom stereocenters. The lowest BCUT2D eigenvalue weighted by Gasteiger charge is -2.12. The van der Waals surface area contributed by atoms with Crippen molar-refractivity contribution >= 4 is 7.68 Å². The summed E-state index contributed by atoms with van der Waals surface area (Å²) in [5, 5.41) is 0. The Hall–Kier alpha value is 0.120. The fraction of sp³-hybridized carbons (Fsp3) is 1.00. The van der Waals surface area contributed by atoms with Crippen LogP contribution in [0.3, 0.4) is 0 Å². The van der Waals surface area contributed by atoms with Gasteiger partial charge in [0, 0.05) is 0 Å². The number of halogens is 1. The highest BCUT2D eigenvalue weighted by atomic mass is 31.2. The van der Waals surface area contributed by atoms with Crippen molar-refractivity contribution in [2.75, 3.05) is 6.16 Å². The van der Waals surface area contributed by atoms with Gasteiger partial charge in [0.25, 0.3) is 0 Å². The fourth-order valence-corrected chi connectivity index (χ4v) is 2.10. The van der Waals surface area contributed by atoms with Crippen LogP contribution in [0.15, 0.2) is 0 Å². The van der Waals surface area contributed by atoms with E-state index in [4.69, 9.17) is 4.52 Å². The van der Waals surface area contributed by atoms with E-state index in [1.807, 2.05) is 0 Å². The number of hydrogen-bond donors (Lipinski definition) is 0. The van der Waals surface area contributed by atoms with Crippen molar-refractivity contribution in [3.8, 4) is 0 Å². The van der Waals surface area contributed by atoms with Gasteiger partial charge in [0.15, 0.2) is 0 Å². The van der Waals surface area contributed by atoms with E-state index in [1.165, 1.54) is 0 Å². The van der Waals surface area contributed by atoms with Gasteiger partial charge in [-0.2, -0.15) is 4.20 Å². The Labute approximate surface area is 66.7 Å². The summed E-state index contributed by atoms with van der Waals surface area (Å²) in [6.07, 6.45) is 3.82. The minimum atomic E-state index is -3.72. The first-order chi connectivity index (χ1) is 5.14. The maximum absolute atomic E-state index is 12.8. The SMILES string of the molecule is CCP(=O)(F)OC1CCCC1. The first-order valence-electron chi connectivity index (χ1n) is 4.11. The second-order valence-corrected chi connectivity index (χ2v) is 4.94. The van der Waals surface area contributed by atoms with E-state index >= 15 is 0 Å². The quantitative estimate of drug-likeness (QED) is 0.623. The molecule has 1 aliphatic carbocycles. The second kappa shape index (κ2) is 3.68. The molecular formula is C7H14FO2P. The van der Waals surface area contributed by atoms with E-state index < -0.39 is 7.68 Å². The van der Waals surface area contributed by atoms with Gasteiger partial charge in [-0.3, -0.25) is 4.57 Å². The molecule has 0 aromatic carbocycles. The third kappa shape index (κ3) is 2.92. The minimum Gasteiger partial charge on any atom is -0.302 e. The summed E-state index contributed by atoms with van der Waals surface area (Å²) in [4.78, 5) is 0. The van der Waals surface area contributed by atoms with Crippen molar-refractivity contribution in [2.45, 2.75) is 38.7 Å². The Morgan fingerprint density at radius 1 is 1.55 bits per heavy atom. The molecule has 1 aliphatic rings. The molecule has 11 heavy (non-hydrogen) atoms. The molecule has 1 atom stereocenters. The van der Waals surface area contributed by atoms with E-state index in [0.717, 1.165) is 25.7 Å². The summed E-state index contributed by atoms with van der Waals surface area (Å²) in [5.41, 5.74) is 0. The third-order valence-electron chi connectivity index (χ3n) is 1.99. The van der Waals surface area contributed by atoms with E-state index in [0.29, 0.717) is 0 Å². The van der Waals surface area contributed by atoms with Gasteiger partial charge in [-0.05, 0) is 12.8 Å². The normalized spacial score (nSPS) is 25.3. The maximum atomic E-state index is 12.8. The van der Waals surface area contributed by atoms with Gasteiger partial charge in [-0.25, -0.2) is 0 Å². The predicted octanol–water partition coefficient (Wildman–Crippen LogP) is 3.13. The van der Waals surface area contributed by atoms with Crippen LogP contribution in [0.4, 0.5) is 4.20 Å². The van der Waals surface area contributed by atoms with Crippen molar-refractivity contribution in [1.29, 1.82) is 0 Å². The van der Waals surface area contributed by atoms with E-state index in [9.17, 15) is 8.76 Å². The van der Waals surface area contributed by atoms with Crippen molar-refractivity contribution in [2.24, 2.45) is 0 Å². The van der Waals surface area contributed by atoms with Gasteiger partial charge in [0.05, 0.1) is 12.3 Å². The van der Waals surface area contributed by atoms with Crippen molar-refractivity contribution < 1.29 is 13.3 Å². The smallest absolute Gasteiger partial charge is 0.302 e. The molecule has 0 bridgehead atoms. The summed E-state index contributed by atoms with van der Waals surface area (Å²) >= 11 is 0. The topological polar surface area (TPSA) is 26.3 Å². The van der Waals surface area contributed by atoms with E-state index in [-0.39, 0.29) is 12.3 Å². The van der Waals surface area contributed by atoms with Crippen LogP contribution in [0.5, 0.6) is 0 Å². The van der Waals surface area contributed by atoms with E-state index in [2.05, 4.69) is 0 Å². The highest BCUT2D eigenvalue weighted by molar-refractivity contribution is 7.53. The Bertz CT molecular complexity index is 166. The molecule has 0 spiro atoms. The van der Waals surface area contributed by atoms with Crippen LogP contribution in [0, 0.1) is 0 Å². The standard InChI is InChI=1S/C7H14FO2P/c1-2-11(8,9)10-7-5-3-4-6-7/h7H,2-6H2,1H3. The predicted molar refractivity (Wildman–Crippen MR) is 42.6 cm³/mol. The second-order valence-electron chi connectivity index (χ2n) is 2.92. The van der Waals surface area contributed by atoms with Gasteiger partial charge < -0.3 is 4.52 Å². The molecule has 0 heterocycles. The first-order valence-corrected chi connectivity index (χ1v) is 5.81. The number of hydrogen-bond acceptors (Lipinski definition) is 2. The molecule has 4 heteroatoms. The largest absolute Gasteiger partial charge is 0.367 e. The summed E-state index contributed by atoms with van der Waals surface area (Å²) < 4.78 is 28.5. The average Bonchev–Trinajstić information content (AvgIpc) is 2.39. The van der Waals surface area contributed by atoms with Gasteiger partial charge in [-0.15, -0.1) is 0 Å². The highest BCUT2D eigenvalue weighted by Gasteiger charge is 2.26. The molecule has 1 saturated carbocycles. The zero-order valence-corrected chi connectivity index (χ0v) is 7.65. The lowest BCUT2D eigenvalue weighted by atomic mass is 10.3. The lowest BCUT2D eigenvalue weighted by Crippen LogP contribution is -2.04. The summed E-state index contributed by atoms with van der Waals surface area (Å²) in [6.45, 7) is 1.55. The average molecular weight is 180 g/mol. The molecule has 0 saturated heterocycles. The van der Waals surface area contributed by atoms with Crippen LogP contribution >= 0.6 is 7.68 Å². The molecule has 0 radical (unpaired) electrons. The first kappa shape index (κ1) is 9.21. The van der Waals surface area contributed by atoms with Crippen LogP contribution in [-0.2, 0) is 9.09 Å². The molecule has 1 rings (SSSR count). The fourth-order valence-electron chi connectivity index (χ4n) is 1.29. The summed E-state index contributed by atoms with van der Waals surface area (Å²) in [6, 6.07) is 0. The van der Waals surface area contributed by atoms with Gasteiger partial charge >= 0.3 is 7.68 Å². The van der Waals surface area contributed by atoms with Crippen molar-refractivity contribution in [3.05, 3.63) is 0 Å². The zero-order chi connectivity index (χ0) is 8.32. The lowest BCUT2D eigenvalue weighted by molar-refractivity contribution is 0.196. The zero-order valence-electron chi connectivity index (χ0n) is 6.75. The Morgan fingerprint density at radius 2 is 2.09 bits per heavy atom. The van der Waals surface area contributed by atoms with Gasteiger partial charge in [0.2, 0.25) is 0 Å². The third-order valence-corrected chi connectivity index (χ3v) is 3.35. The molecule has 0 aromatic rings. The highest BCUT2D eigenvalue weighted by Crippen LogP contribution is 2.51. The van der Waals surface area contributed by atoms with Crippen LogP contribution in [0.1, 0.15) is 32.6 Å².